The second-order valence-electron chi connectivity index (χ2n) is 9.63. The number of benzene rings is 3. The Balaban J connectivity index is 1.71. The molecule has 2 atom stereocenters. The molecule has 0 aromatic heterocycles. The Labute approximate surface area is 225 Å². The maximum absolute atomic E-state index is 14.1. The summed E-state index contributed by atoms with van der Waals surface area (Å²) in [6, 6.07) is 25.2. The molecule has 5 nitrogen and oxygen atoms in total. The highest BCUT2D eigenvalue weighted by molar-refractivity contribution is 6.31. The molecule has 1 aliphatic rings. The molecule has 0 N–H and O–H groups in total. The molecule has 4 rings (SSSR count). The van der Waals surface area contributed by atoms with Gasteiger partial charge in [-0.15, -0.1) is 0 Å². The van der Waals surface area contributed by atoms with Gasteiger partial charge in [0.15, 0.2) is 0 Å². The summed E-state index contributed by atoms with van der Waals surface area (Å²) >= 11 is 6.25. The molecule has 1 aliphatic heterocycles. The van der Waals surface area contributed by atoms with Gasteiger partial charge in [-0.1, -0.05) is 79.2 Å². The van der Waals surface area contributed by atoms with Crippen molar-refractivity contribution in [3.8, 4) is 5.75 Å². The molecule has 3 aromatic rings. The molecular weight excluding hydrogens is 484 g/mol. The van der Waals surface area contributed by atoms with E-state index in [9.17, 15) is 9.59 Å². The van der Waals surface area contributed by atoms with E-state index >= 15 is 0 Å². The Morgan fingerprint density at radius 1 is 1.00 bits per heavy atom. The molecule has 1 heterocycles. The standard InChI is InChI=1S/C31H35ClN2O3/c1-3-27(24-14-8-5-9-15-24)31(36)34-19-11-10-18-33(2)30(35)28-21-25(32)16-17-29(28)37-22-26(34)20-23-12-6-4-7-13-23/h4-9,12-17,21,26-27H,3,10-11,18-20,22H2,1-2H3/t26-,27?/m0/s1. The molecule has 0 saturated heterocycles. The van der Waals surface area contributed by atoms with E-state index in [-0.39, 0.29) is 30.4 Å². The lowest BCUT2D eigenvalue weighted by Crippen LogP contribution is -2.48. The molecule has 0 fully saturated rings. The zero-order valence-electron chi connectivity index (χ0n) is 21.6. The number of carbonyl (C=O) groups excluding carboxylic acids is 2. The number of nitrogens with zero attached hydrogens (tertiary/aromatic N) is 2. The lowest BCUT2D eigenvalue weighted by Gasteiger charge is -2.35. The number of ether oxygens (including phenoxy) is 1. The van der Waals surface area contributed by atoms with Gasteiger partial charge in [0.25, 0.3) is 5.91 Å². The van der Waals surface area contributed by atoms with Crippen LogP contribution in [0.4, 0.5) is 0 Å². The van der Waals surface area contributed by atoms with Gasteiger partial charge in [-0.2, -0.15) is 0 Å². The van der Waals surface area contributed by atoms with Crippen LogP contribution in [0.5, 0.6) is 5.75 Å². The Hall–Kier alpha value is -3.31. The van der Waals surface area contributed by atoms with Gasteiger partial charge in [-0.3, -0.25) is 9.59 Å². The fraction of sp³-hybridized carbons (Fsp3) is 0.355. The van der Waals surface area contributed by atoms with Gasteiger partial charge >= 0.3 is 0 Å². The number of halogens is 1. The van der Waals surface area contributed by atoms with Crippen LogP contribution in [0.15, 0.2) is 78.9 Å². The molecule has 194 valence electrons. The largest absolute Gasteiger partial charge is 0.491 e. The van der Waals surface area contributed by atoms with Crippen molar-refractivity contribution in [1.29, 1.82) is 0 Å². The smallest absolute Gasteiger partial charge is 0.257 e. The predicted molar refractivity (Wildman–Crippen MR) is 148 cm³/mol. The first-order chi connectivity index (χ1) is 18.0. The van der Waals surface area contributed by atoms with Gasteiger partial charge in [0.1, 0.15) is 12.4 Å². The van der Waals surface area contributed by atoms with E-state index in [0.29, 0.717) is 35.8 Å². The Bertz CT molecular complexity index is 1190. The number of hydrogen-bond acceptors (Lipinski definition) is 3. The van der Waals surface area contributed by atoms with Crippen molar-refractivity contribution in [1.82, 2.24) is 9.80 Å². The molecule has 3 aromatic carbocycles. The molecule has 37 heavy (non-hydrogen) atoms. The summed E-state index contributed by atoms with van der Waals surface area (Å²) in [5.41, 5.74) is 2.62. The van der Waals surface area contributed by atoms with E-state index in [2.05, 4.69) is 19.1 Å². The van der Waals surface area contributed by atoms with E-state index in [1.807, 2.05) is 53.4 Å². The van der Waals surface area contributed by atoms with E-state index < -0.39 is 0 Å². The van der Waals surface area contributed by atoms with Crippen molar-refractivity contribution < 1.29 is 14.3 Å². The fourth-order valence-corrected chi connectivity index (χ4v) is 5.15. The van der Waals surface area contributed by atoms with Crippen molar-refractivity contribution in [2.24, 2.45) is 0 Å². The molecule has 0 spiro atoms. The third kappa shape index (κ3) is 6.72. The van der Waals surface area contributed by atoms with Gasteiger partial charge in [0, 0.05) is 25.2 Å². The fourth-order valence-electron chi connectivity index (χ4n) is 4.98. The maximum Gasteiger partial charge on any atom is 0.257 e. The average molecular weight is 519 g/mol. The van der Waals surface area contributed by atoms with Crippen molar-refractivity contribution >= 4 is 23.4 Å². The van der Waals surface area contributed by atoms with Gasteiger partial charge in [0.05, 0.1) is 17.5 Å². The van der Waals surface area contributed by atoms with Crippen molar-refractivity contribution in [3.05, 3.63) is 101 Å². The molecule has 1 unspecified atom stereocenters. The second kappa shape index (κ2) is 12.8. The highest BCUT2D eigenvalue weighted by atomic mass is 35.5. The lowest BCUT2D eigenvalue weighted by atomic mass is 9.93. The van der Waals surface area contributed by atoms with Crippen LogP contribution in [0.3, 0.4) is 0 Å². The highest BCUT2D eigenvalue weighted by Crippen LogP contribution is 2.28. The van der Waals surface area contributed by atoms with Gasteiger partial charge in [-0.05, 0) is 55.0 Å². The quantitative estimate of drug-likeness (QED) is 0.403. The van der Waals surface area contributed by atoms with Crippen LogP contribution in [0.25, 0.3) is 0 Å². The van der Waals surface area contributed by atoms with Crippen molar-refractivity contribution in [2.75, 3.05) is 26.7 Å². The first-order valence-electron chi connectivity index (χ1n) is 13.0. The van der Waals surface area contributed by atoms with Crippen LogP contribution >= 0.6 is 11.6 Å². The number of hydrogen-bond donors (Lipinski definition) is 0. The molecule has 0 saturated carbocycles. The summed E-state index contributed by atoms with van der Waals surface area (Å²) in [5, 5.41) is 0.488. The van der Waals surface area contributed by atoms with Gasteiger partial charge in [0.2, 0.25) is 5.91 Å². The molecule has 0 aliphatic carbocycles. The van der Waals surface area contributed by atoms with Crippen molar-refractivity contribution in [3.63, 3.8) is 0 Å². The summed E-state index contributed by atoms with van der Waals surface area (Å²) in [6.07, 6.45) is 2.97. The van der Waals surface area contributed by atoms with Crippen LogP contribution in [0, 0.1) is 0 Å². The molecule has 0 radical (unpaired) electrons. The number of amides is 2. The zero-order valence-corrected chi connectivity index (χ0v) is 22.4. The normalized spacial score (nSPS) is 17.7. The van der Waals surface area contributed by atoms with Gasteiger partial charge in [-0.25, -0.2) is 0 Å². The summed E-state index contributed by atoms with van der Waals surface area (Å²) < 4.78 is 6.32. The molecule has 0 bridgehead atoms. The van der Waals surface area contributed by atoms with E-state index in [1.165, 1.54) is 0 Å². The summed E-state index contributed by atoms with van der Waals surface area (Å²) in [5.74, 6) is 0.280. The SMILES string of the molecule is CCC(C(=O)N1CCCCN(C)C(=O)c2cc(Cl)ccc2OC[C@@H]1Cc1ccccc1)c1ccccc1. The monoisotopic (exact) mass is 518 g/mol. The first-order valence-corrected chi connectivity index (χ1v) is 13.4. The third-order valence-corrected chi connectivity index (χ3v) is 7.27. The summed E-state index contributed by atoms with van der Waals surface area (Å²) in [7, 11) is 1.79. The minimum atomic E-state index is -0.220. The van der Waals surface area contributed by atoms with Crippen LogP contribution < -0.4 is 4.74 Å². The van der Waals surface area contributed by atoms with Crippen LogP contribution in [0.2, 0.25) is 5.02 Å². The Morgan fingerprint density at radius 3 is 2.38 bits per heavy atom. The summed E-state index contributed by atoms with van der Waals surface area (Å²) in [6.45, 7) is 3.54. The third-order valence-electron chi connectivity index (χ3n) is 7.04. The average Bonchev–Trinajstić information content (AvgIpc) is 2.92. The topological polar surface area (TPSA) is 49.9 Å². The van der Waals surface area contributed by atoms with Crippen LogP contribution in [-0.2, 0) is 11.2 Å². The Kier molecular flexibility index (Phi) is 9.24. The van der Waals surface area contributed by atoms with E-state index in [0.717, 1.165) is 30.4 Å². The van der Waals surface area contributed by atoms with E-state index in [4.69, 9.17) is 16.3 Å². The van der Waals surface area contributed by atoms with E-state index in [1.54, 1.807) is 30.1 Å². The first kappa shape index (κ1) is 26.7. The lowest BCUT2D eigenvalue weighted by molar-refractivity contribution is -0.136. The number of carbonyl (C=O) groups is 2. The van der Waals surface area contributed by atoms with Crippen molar-refractivity contribution in [2.45, 2.75) is 44.6 Å². The number of rotatable bonds is 5. The number of fused-ring (bicyclic) bond motifs is 1. The van der Waals surface area contributed by atoms with Gasteiger partial charge < -0.3 is 14.5 Å². The zero-order chi connectivity index (χ0) is 26.2. The molecule has 2 amide bonds. The Morgan fingerprint density at radius 2 is 1.68 bits per heavy atom. The highest BCUT2D eigenvalue weighted by Gasteiger charge is 2.31. The summed E-state index contributed by atoms with van der Waals surface area (Å²) in [4.78, 5) is 31.0. The minimum absolute atomic E-state index is 0.110. The van der Waals surface area contributed by atoms with Crippen LogP contribution in [0.1, 0.15) is 53.6 Å². The minimum Gasteiger partial charge on any atom is -0.491 e. The molecule has 6 heteroatoms. The second-order valence-corrected chi connectivity index (χ2v) is 10.1. The predicted octanol–water partition coefficient (Wildman–Crippen LogP) is 6.22. The maximum atomic E-state index is 14.1. The molecular formula is C31H35ClN2O3. The van der Waals surface area contributed by atoms with Crippen LogP contribution in [-0.4, -0.2) is 54.4 Å².